The van der Waals surface area contributed by atoms with Crippen molar-refractivity contribution in [2.45, 2.75) is 32.6 Å². The van der Waals surface area contributed by atoms with Crippen molar-refractivity contribution in [1.82, 2.24) is 0 Å². The van der Waals surface area contributed by atoms with Gasteiger partial charge in [0.1, 0.15) is 0 Å². The lowest BCUT2D eigenvalue weighted by Gasteiger charge is -2.09. The van der Waals surface area contributed by atoms with Crippen molar-refractivity contribution in [3.8, 4) is 0 Å². The van der Waals surface area contributed by atoms with Gasteiger partial charge in [-0.15, -0.1) is 0 Å². The van der Waals surface area contributed by atoms with E-state index in [1.807, 2.05) is 6.92 Å². The zero-order chi connectivity index (χ0) is 6.69. The third kappa shape index (κ3) is 1.54. The molecule has 0 heterocycles. The normalized spacial score (nSPS) is 24.1. The Morgan fingerprint density at radius 3 is 2.44 bits per heavy atom. The Labute approximate surface area is 56.4 Å². The number of hydrogen-bond acceptors (Lipinski definition) is 1. The van der Waals surface area contributed by atoms with E-state index in [2.05, 4.69) is 6.29 Å². The standard InChI is InChI=1S/C8H13O/c1-7(6-9)8-4-2-3-5-8/h7-8H,2-5H2,1H3. The molecule has 1 unspecified atom stereocenters. The Balaban J connectivity index is 2.32. The largest absolute Gasteiger partial charge is 0.291 e. The molecular formula is C8H13O. The molecule has 0 aliphatic heterocycles. The van der Waals surface area contributed by atoms with Crippen LogP contribution in [0.3, 0.4) is 0 Å². The highest BCUT2D eigenvalue weighted by Gasteiger charge is 2.20. The first-order valence-electron chi connectivity index (χ1n) is 3.72. The van der Waals surface area contributed by atoms with Crippen LogP contribution in [0.2, 0.25) is 0 Å². The molecule has 1 heteroatoms. The quantitative estimate of drug-likeness (QED) is 0.551. The van der Waals surface area contributed by atoms with E-state index in [-0.39, 0.29) is 5.92 Å². The second-order valence-corrected chi connectivity index (χ2v) is 2.95. The van der Waals surface area contributed by atoms with Gasteiger partial charge in [0.15, 0.2) is 0 Å². The van der Waals surface area contributed by atoms with Gasteiger partial charge >= 0.3 is 0 Å². The first-order valence-corrected chi connectivity index (χ1v) is 3.72. The fraction of sp³-hybridized carbons (Fsp3) is 0.875. The van der Waals surface area contributed by atoms with Gasteiger partial charge in [-0.05, 0) is 18.8 Å². The average molecular weight is 125 g/mol. The molecule has 0 bridgehead atoms. The maximum atomic E-state index is 10.2. The van der Waals surface area contributed by atoms with Crippen LogP contribution in [0.25, 0.3) is 0 Å². The smallest absolute Gasteiger partial charge is 0.201 e. The fourth-order valence-corrected chi connectivity index (χ4v) is 1.55. The van der Waals surface area contributed by atoms with E-state index >= 15 is 0 Å². The van der Waals surface area contributed by atoms with Gasteiger partial charge in [0, 0.05) is 5.92 Å². The molecule has 0 N–H and O–H groups in total. The number of carbonyl (C=O) groups excluding carboxylic acids is 1. The van der Waals surface area contributed by atoms with Crippen LogP contribution in [0.1, 0.15) is 32.6 Å². The van der Waals surface area contributed by atoms with Gasteiger partial charge in [-0.25, -0.2) is 0 Å². The van der Waals surface area contributed by atoms with Crippen LogP contribution < -0.4 is 0 Å². The molecule has 51 valence electrons. The molecule has 0 spiro atoms. The Morgan fingerprint density at radius 2 is 2.00 bits per heavy atom. The molecule has 0 aromatic carbocycles. The first-order chi connectivity index (χ1) is 4.34. The summed E-state index contributed by atoms with van der Waals surface area (Å²) in [6.45, 7) is 1.98. The van der Waals surface area contributed by atoms with Crippen molar-refractivity contribution in [3.05, 3.63) is 0 Å². The van der Waals surface area contributed by atoms with E-state index in [1.54, 1.807) is 0 Å². The van der Waals surface area contributed by atoms with Crippen molar-refractivity contribution in [2.75, 3.05) is 0 Å². The van der Waals surface area contributed by atoms with Crippen LogP contribution >= 0.6 is 0 Å². The van der Waals surface area contributed by atoms with Crippen molar-refractivity contribution >= 4 is 6.29 Å². The molecule has 1 atom stereocenters. The van der Waals surface area contributed by atoms with E-state index in [0.29, 0.717) is 5.92 Å². The van der Waals surface area contributed by atoms with Gasteiger partial charge in [0.05, 0.1) is 0 Å². The lowest BCUT2D eigenvalue weighted by Crippen LogP contribution is -2.07. The molecule has 1 rings (SSSR count). The maximum Gasteiger partial charge on any atom is 0.201 e. The molecule has 0 aromatic rings. The Hall–Kier alpha value is -0.330. The summed E-state index contributed by atoms with van der Waals surface area (Å²) in [5.41, 5.74) is 0. The minimum absolute atomic E-state index is 0.187. The molecule has 1 aliphatic carbocycles. The van der Waals surface area contributed by atoms with Gasteiger partial charge in [0.25, 0.3) is 0 Å². The monoisotopic (exact) mass is 125 g/mol. The molecule has 1 radical (unpaired) electrons. The summed E-state index contributed by atoms with van der Waals surface area (Å²) < 4.78 is 0. The summed E-state index contributed by atoms with van der Waals surface area (Å²) in [5.74, 6) is 0.843. The topological polar surface area (TPSA) is 17.1 Å². The predicted octanol–water partition coefficient (Wildman–Crippen LogP) is 1.92. The highest BCUT2D eigenvalue weighted by Crippen LogP contribution is 2.29. The number of hydrogen-bond donors (Lipinski definition) is 0. The first kappa shape index (κ1) is 6.79. The van der Waals surface area contributed by atoms with Crippen molar-refractivity contribution in [2.24, 2.45) is 11.8 Å². The maximum absolute atomic E-state index is 10.2. The van der Waals surface area contributed by atoms with Gasteiger partial charge < -0.3 is 0 Å². The molecule has 0 amide bonds. The third-order valence-corrected chi connectivity index (χ3v) is 2.29. The summed E-state index contributed by atoms with van der Waals surface area (Å²) in [4.78, 5) is 10.2. The molecule has 1 nitrogen and oxygen atoms in total. The highest BCUT2D eigenvalue weighted by atomic mass is 16.1. The fourth-order valence-electron chi connectivity index (χ4n) is 1.55. The van der Waals surface area contributed by atoms with Gasteiger partial charge in [0.2, 0.25) is 6.29 Å². The molecule has 9 heavy (non-hydrogen) atoms. The molecular weight excluding hydrogens is 112 g/mol. The lowest BCUT2D eigenvalue weighted by molar-refractivity contribution is 0.426. The molecule has 0 aromatic heterocycles. The van der Waals surface area contributed by atoms with Gasteiger partial charge in [-0.1, -0.05) is 19.8 Å². The Kier molecular flexibility index (Phi) is 2.26. The van der Waals surface area contributed by atoms with Crippen molar-refractivity contribution < 1.29 is 4.79 Å². The summed E-state index contributed by atoms with van der Waals surface area (Å²) in [6, 6.07) is 0. The third-order valence-electron chi connectivity index (χ3n) is 2.29. The van der Waals surface area contributed by atoms with Gasteiger partial charge in [-0.3, -0.25) is 4.79 Å². The highest BCUT2D eigenvalue weighted by molar-refractivity contribution is 5.54. The molecule has 0 saturated heterocycles. The SMILES string of the molecule is CC([C]=O)C1CCCC1. The second-order valence-electron chi connectivity index (χ2n) is 2.95. The molecule has 1 fully saturated rings. The van der Waals surface area contributed by atoms with Gasteiger partial charge in [-0.2, -0.15) is 0 Å². The number of rotatable bonds is 2. The van der Waals surface area contributed by atoms with Crippen LogP contribution in [0.5, 0.6) is 0 Å². The molecule has 1 saturated carbocycles. The van der Waals surface area contributed by atoms with Crippen LogP contribution in [0.4, 0.5) is 0 Å². The van der Waals surface area contributed by atoms with Crippen molar-refractivity contribution in [1.29, 1.82) is 0 Å². The summed E-state index contributed by atoms with van der Waals surface area (Å²) in [6.07, 6.45) is 7.18. The van der Waals surface area contributed by atoms with Crippen LogP contribution in [0, 0.1) is 11.8 Å². The van der Waals surface area contributed by atoms with E-state index in [1.165, 1.54) is 25.7 Å². The zero-order valence-electron chi connectivity index (χ0n) is 5.89. The molecule has 1 aliphatic rings. The van der Waals surface area contributed by atoms with E-state index in [9.17, 15) is 4.79 Å². The van der Waals surface area contributed by atoms with E-state index in [4.69, 9.17) is 0 Å². The predicted molar refractivity (Wildman–Crippen MR) is 36.8 cm³/mol. The second kappa shape index (κ2) is 3.00. The van der Waals surface area contributed by atoms with E-state index in [0.717, 1.165) is 0 Å². The van der Waals surface area contributed by atoms with Crippen LogP contribution in [0.15, 0.2) is 0 Å². The zero-order valence-corrected chi connectivity index (χ0v) is 5.89. The van der Waals surface area contributed by atoms with E-state index < -0.39 is 0 Å². The summed E-state index contributed by atoms with van der Waals surface area (Å²) in [5, 5.41) is 0. The average Bonchev–Trinajstić information content (AvgIpc) is 2.37. The Bertz CT molecular complexity index is 92.7. The minimum atomic E-state index is 0.187. The minimum Gasteiger partial charge on any atom is -0.291 e. The van der Waals surface area contributed by atoms with Crippen molar-refractivity contribution in [3.63, 3.8) is 0 Å². The summed E-state index contributed by atoms with van der Waals surface area (Å²) in [7, 11) is 0. The van der Waals surface area contributed by atoms with Crippen LogP contribution in [-0.4, -0.2) is 6.29 Å². The van der Waals surface area contributed by atoms with Crippen LogP contribution in [-0.2, 0) is 4.79 Å². The lowest BCUT2D eigenvalue weighted by atomic mass is 9.94. The Morgan fingerprint density at radius 1 is 1.44 bits per heavy atom. The summed E-state index contributed by atoms with van der Waals surface area (Å²) >= 11 is 0.